The Kier molecular flexibility index (Phi) is 4.76. The molecule has 0 spiro atoms. The zero-order chi connectivity index (χ0) is 17.4. The highest BCUT2D eigenvalue weighted by molar-refractivity contribution is 6.31. The highest BCUT2D eigenvalue weighted by atomic mass is 35.5. The van der Waals surface area contributed by atoms with E-state index >= 15 is 0 Å². The highest BCUT2D eigenvalue weighted by Gasteiger charge is 2.33. The molecule has 0 heterocycles. The molecule has 122 valence electrons. The number of nitrogens with one attached hydrogen (secondary N) is 1. The minimum atomic E-state index is -4.45. The summed E-state index contributed by atoms with van der Waals surface area (Å²) in [6.45, 7) is 9.14. The van der Waals surface area contributed by atoms with Crippen LogP contribution in [0.2, 0.25) is 5.02 Å². The average molecular weight is 340 g/mol. The van der Waals surface area contributed by atoms with Gasteiger partial charge < -0.3 is 5.32 Å². The van der Waals surface area contributed by atoms with Gasteiger partial charge in [0.2, 0.25) is 0 Å². The summed E-state index contributed by atoms with van der Waals surface area (Å²) in [5, 5.41) is 3.10. The first-order valence-electron chi connectivity index (χ1n) is 7.00. The van der Waals surface area contributed by atoms with Crippen LogP contribution in [0.15, 0.2) is 36.9 Å². The molecule has 5 heteroatoms. The number of hydrogen-bond acceptors (Lipinski definition) is 1. The van der Waals surface area contributed by atoms with E-state index in [4.69, 9.17) is 11.6 Å². The van der Waals surface area contributed by atoms with E-state index in [1.54, 1.807) is 0 Å². The predicted octanol–water partition coefficient (Wildman–Crippen LogP) is 6.37. The minimum Gasteiger partial charge on any atom is -0.356 e. The van der Waals surface area contributed by atoms with Crippen LogP contribution in [0, 0.1) is 20.8 Å². The lowest BCUT2D eigenvalue weighted by Gasteiger charge is -2.16. The predicted molar refractivity (Wildman–Crippen MR) is 89.8 cm³/mol. The average Bonchev–Trinajstić information content (AvgIpc) is 2.44. The van der Waals surface area contributed by atoms with Crippen molar-refractivity contribution in [1.82, 2.24) is 0 Å². The SMILES string of the molecule is C=C(Nc1ccc(C)c(C)c1)c1cc(Cl)c(C)c(C(F)(F)F)c1. The van der Waals surface area contributed by atoms with E-state index in [-0.39, 0.29) is 10.6 Å². The lowest BCUT2D eigenvalue weighted by Crippen LogP contribution is -2.09. The highest BCUT2D eigenvalue weighted by Crippen LogP contribution is 2.37. The first-order chi connectivity index (χ1) is 10.6. The molecule has 0 aromatic heterocycles. The Morgan fingerprint density at radius 3 is 2.26 bits per heavy atom. The van der Waals surface area contributed by atoms with Crippen molar-refractivity contribution >= 4 is 23.0 Å². The minimum absolute atomic E-state index is 0.0156. The van der Waals surface area contributed by atoms with Gasteiger partial charge in [0.25, 0.3) is 0 Å². The number of halogens is 4. The maximum absolute atomic E-state index is 13.1. The standard InChI is InChI=1S/C18H17ClF3N/c1-10-5-6-15(7-11(10)2)23-13(4)14-8-16(18(20,21)22)12(3)17(19)9-14/h5-9,23H,4H2,1-3H3. The molecular formula is C18H17ClF3N. The summed E-state index contributed by atoms with van der Waals surface area (Å²) < 4.78 is 39.3. The van der Waals surface area contributed by atoms with Gasteiger partial charge in [-0.05, 0) is 67.3 Å². The summed E-state index contributed by atoms with van der Waals surface area (Å²) >= 11 is 5.95. The molecule has 1 N–H and O–H groups in total. The fourth-order valence-electron chi connectivity index (χ4n) is 2.21. The molecule has 0 atom stereocenters. The van der Waals surface area contributed by atoms with Crippen LogP contribution in [0.1, 0.15) is 27.8 Å². The Bertz CT molecular complexity index is 764. The lowest BCUT2D eigenvalue weighted by molar-refractivity contribution is -0.138. The molecule has 0 radical (unpaired) electrons. The van der Waals surface area contributed by atoms with Gasteiger partial charge in [-0.3, -0.25) is 0 Å². The van der Waals surface area contributed by atoms with Crippen molar-refractivity contribution in [3.05, 3.63) is 69.8 Å². The zero-order valence-corrected chi connectivity index (χ0v) is 13.9. The normalized spacial score (nSPS) is 11.4. The molecule has 1 nitrogen and oxygen atoms in total. The summed E-state index contributed by atoms with van der Waals surface area (Å²) in [7, 11) is 0. The second-order valence-corrected chi connectivity index (χ2v) is 5.94. The Labute approximate surface area is 138 Å². The van der Waals surface area contributed by atoms with Crippen LogP contribution in [0.4, 0.5) is 18.9 Å². The Morgan fingerprint density at radius 2 is 1.70 bits per heavy atom. The monoisotopic (exact) mass is 339 g/mol. The molecule has 23 heavy (non-hydrogen) atoms. The molecule has 2 aromatic rings. The Hall–Kier alpha value is -1.94. The molecular weight excluding hydrogens is 323 g/mol. The first kappa shape index (κ1) is 17.4. The van der Waals surface area contributed by atoms with Gasteiger partial charge in [0.15, 0.2) is 0 Å². The fraction of sp³-hybridized carbons (Fsp3) is 0.222. The van der Waals surface area contributed by atoms with Gasteiger partial charge in [-0.2, -0.15) is 13.2 Å². The molecule has 0 aliphatic rings. The van der Waals surface area contributed by atoms with Gasteiger partial charge >= 0.3 is 6.18 Å². The fourth-order valence-corrected chi connectivity index (χ4v) is 2.43. The molecule has 0 bridgehead atoms. The largest absolute Gasteiger partial charge is 0.416 e. The van der Waals surface area contributed by atoms with Gasteiger partial charge in [-0.25, -0.2) is 0 Å². The Balaban J connectivity index is 2.36. The maximum Gasteiger partial charge on any atom is 0.416 e. The molecule has 0 fully saturated rings. The van der Waals surface area contributed by atoms with E-state index in [2.05, 4.69) is 11.9 Å². The van der Waals surface area contributed by atoms with E-state index in [0.29, 0.717) is 11.3 Å². The van der Waals surface area contributed by atoms with Crippen LogP contribution in [0.3, 0.4) is 0 Å². The van der Waals surface area contributed by atoms with Gasteiger partial charge in [-0.1, -0.05) is 24.2 Å². The third-order valence-electron chi connectivity index (χ3n) is 3.80. The third kappa shape index (κ3) is 3.88. The van der Waals surface area contributed by atoms with Crippen LogP contribution in [-0.4, -0.2) is 0 Å². The topological polar surface area (TPSA) is 12.0 Å². The van der Waals surface area contributed by atoms with Crippen LogP contribution >= 0.6 is 11.6 Å². The van der Waals surface area contributed by atoms with Crippen molar-refractivity contribution < 1.29 is 13.2 Å². The van der Waals surface area contributed by atoms with E-state index in [0.717, 1.165) is 22.9 Å². The molecule has 0 amide bonds. The van der Waals surface area contributed by atoms with E-state index in [9.17, 15) is 13.2 Å². The number of anilines is 1. The molecule has 2 rings (SSSR count). The first-order valence-corrected chi connectivity index (χ1v) is 7.38. The van der Waals surface area contributed by atoms with Crippen molar-refractivity contribution in [2.45, 2.75) is 26.9 Å². The van der Waals surface area contributed by atoms with Crippen molar-refractivity contribution in [3.8, 4) is 0 Å². The van der Waals surface area contributed by atoms with Crippen LogP contribution in [0.5, 0.6) is 0 Å². The van der Waals surface area contributed by atoms with E-state index in [1.165, 1.54) is 13.0 Å². The van der Waals surface area contributed by atoms with E-state index in [1.807, 2.05) is 32.0 Å². The quantitative estimate of drug-likeness (QED) is 0.685. The van der Waals surface area contributed by atoms with Crippen molar-refractivity contribution in [3.63, 3.8) is 0 Å². The van der Waals surface area contributed by atoms with Crippen molar-refractivity contribution in [2.75, 3.05) is 5.32 Å². The van der Waals surface area contributed by atoms with Crippen molar-refractivity contribution in [1.29, 1.82) is 0 Å². The van der Waals surface area contributed by atoms with Gasteiger partial charge in [0.05, 0.1) is 5.56 Å². The van der Waals surface area contributed by atoms with E-state index < -0.39 is 11.7 Å². The molecule has 0 saturated heterocycles. The second kappa shape index (κ2) is 6.28. The second-order valence-electron chi connectivity index (χ2n) is 5.53. The molecule has 0 aliphatic heterocycles. The van der Waals surface area contributed by atoms with Gasteiger partial charge in [-0.15, -0.1) is 0 Å². The Morgan fingerprint density at radius 1 is 1.04 bits per heavy atom. The summed E-state index contributed by atoms with van der Waals surface area (Å²) in [5.74, 6) is 0. The van der Waals surface area contributed by atoms with Crippen LogP contribution in [0.25, 0.3) is 5.70 Å². The molecule has 0 unspecified atom stereocenters. The number of benzene rings is 2. The number of aryl methyl sites for hydroxylation is 2. The summed E-state index contributed by atoms with van der Waals surface area (Å²) in [4.78, 5) is 0. The van der Waals surface area contributed by atoms with Gasteiger partial charge in [0, 0.05) is 16.4 Å². The zero-order valence-electron chi connectivity index (χ0n) is 13.1. The smallest absolute Gasteiger partial charge is 0.356 e. The number of alkyl halides is 3. The van der Waals surface area contributed by atoms with Gasteiger partial charge in [0.1, 0.15) is 0 Å². The molecule has 0 saturated carbocycles. The summed E-state index contributed by atoms with van der Waals surface area (Å²) in [6.07, 6.45) is -4.45. The third-order valence-corrected chi connectivity index (χ3v) is 4.19. The lowest BCUT2D eigenvalue weighted by atomic mass is 10.0. The summed E-state index contributed by atoms with van der Waals surface area (Å²) in [5.41, 5.74) is 2.93. The number of hydrogen-bond donors (Lipinski definition) is 1. The number of rotatable bonds is 3. The molecule has 2 aromatic carbocycles. The maximum atomic E-state index is 13.1. The summed E-state index contributed by atoms with van der Waals surface area (Å²) in [6, 6.07) is 8.27. The van der Waals surface area contributed by atoms with Crippen LogP contribution < -0.4 is 5.32 Å². The van der Waals surface area contributed by atoms with Crippen LogP contribution in [-0.2, 0) is 6.18 Å². The molecule has 0 aliphatic carbocycles. The van der Waals surface area contributed by atoms with Crippen molar-refractivity contribution in [2.24, 2.45) is 0 Å².